The summed E-state index contributed by atoms with van der Waals surface area (Å²) in [5.74, 6) is 0.0785. The minimum atomic E-state index is -0.0487. The zero-order valence-corrected chi connectivity index (χ0v) is 8.19. The fourth-order valence-electron chi connectivity index (χ4n) is 1.41. The lowest BCUT2D eigenvalue weighted by Gasteiger charge is -2.32. The van der Waals surface area contributed by atoms with E-state index >= 15 is 0 Å². The van der Waals surface area contributed by atoms with Crippen LogP contribution in [-0.4, -0.2) is 55.2 Å². The number of rotatable bonds is 3. The van der Waals surface area contributed by atoms with Gasteiger partial charge in [0.15, 0.2) is 0 Å². The summed E-state index contributed by atoms with van der Waals surface area (Å²) in [5, 5.41) is 0. The van der Waals surface area contributed by atoms with E-state index in [1.165, 1.54) is 0 Å². The molecule has 0 aliphatic carbocycles. The predicted molar refractivity (Wildman–Crippen MR) is 49.3 cm³/mol. The summed E-state index contributed by atoms with van der Waals surface area (Å²) in [4.78, 5) is 25.6. The minimum absolute atomic E-state index is 0.0487. The summed E-state index contributed by atoms with van der Waals surface area (Å²) >= 11 is 0. The molecular formula is C9H16N2O2. The molecule has 0 aromatic heterocycles. The SMILES string of the molecule is CC(C=O)CN1CCN(C)CC1=O. The number of aldehydes is 1. The van der Waals surface area contributed by atoms with E-state index in [2.05, 4.69) is 0 Å². The van der Waals surface area contributed by atoms with Crippen LogP contribution in [0.2, 0.25) is 0 Å². The summed E-state index contributed by atoms with van der Waals surface area (Å²) in [5.41, 5.74) is 0. The largest absolute Gasteiger partial charge is 0.340 e. The Morgan fingerprint density at radius 1 is 1.54 bits per heavy atom. The summed E-state index contributed by atoms with van der Waals surface area (Å²) in [6.45, 7) is 4.52. The topological polar surface area (TPSA) is 40.6 Å². The molecule has 1 amide bonds. The van der Waals surface area contributed by atoms with E-state index in [0.717, 1.165) is 19.4 Å². The normalized spacial score (nSPS) is 21.7. The van der Waals surface area contributed by atoms with Gasteiger partial charge in [0.25, 0.3) is 0 Å². The number of hydrogen-bond donors (Lipinski definition) is 0. The van der Waals surface area contributed by atoms with Gasteiger partial charge in [0.1, 0.15) is 6.29 Å². The summed E-state index contributed by atoms with van der Waals surface area (Å²) in [7, 11) is 1.93. The fourth-order valence-corrected chi connectivity index (χ4v) is 1.41. The first-order valence-corrected chi connectivity index (χ1v) is 4.55. The third-order valence-corrected chi connectivity index (χ3v) is 2.25. The van der Waals surface area contributed by atoms with Crippen molar-refractivity contribution < 1.29 is 9.59 Å². The zero-order valence-electron chi connectivity index (χ0n) is 8.19. The molecule has 1 saturated heterocycles. The van der Waals surface area contributed by atoms with Crippen molar-refractivity contribution in [3.63, 3.8) is 0 Å². The zero-order chi connectivity index (χ0) is 9.84. The molecule has 1 atom stereocenters. The van der Waals surface area contributed by atoms with Crippen molar-refractivity contribution >= 4 is 12.2 Å². The van der Waals surface area contributed by atoms with Gasteiger partial charge in [-0.15, -0.1) is 0 Å². The van der Waals surface area contributed by atoms with E-state index in [-0.39, 0.29) is 11.8 Å². The van der Waals surface area contributed by atoms with Gasteiger partial charge in [0, 0.05) is 25.6 Å². The molecule has 1 aliphatic rings. The van der Waals surface area contributed by atoms with Crippen molar-refractivity contribution in [1.29, 1.82) is 0 Å². The Morgan fingerprint density at radius 3 is 2.77 bits per heavy atom. The van der Waals surface area contributed by atoms with E-state index in [9.17, 15) is 9.59 Å². The van der Waals surface area contributed by atoms with Crippen LogP contribution in [-0.2, 0) is 9.59 Å². The van der Waals surface area contributed by atoms with Crippen LogP contribution in [0.5, 0.6) is 0 Å². The number of likely N-dealkylation sites (N-methyl/N-ethyl adjacent to an activating group) is 1. The Labute approximate surface area is 78.5 Å². The average molecular weight is 184 g/mol. The number of carbonyl (C=O) groups excluding carboxylic acids is 2. The quantitative estimate of drug-likeness (QED) is 0.560. The van der Waals surface area contributed by atoms with E-state index in [1.807, 2.05) is 18.9 Å². The van der Waals surface area contributed by atoms with Crippen molar-refractivity contribution in [1.82, 2.24) is 9.80 Å². The second-order valence-corrected chi connectivity index (χ2v) is 3.69. The maximum atomic E-state index is 11.4. The van der Waals surface area contributed by atoms with Crippen LogP contribution in [0.15, 0.2) is 0 Å². The molecule has 0 aromatic carbocycles. The van der Waals surface area contributed by atoms with Gasteiger partial charge in [-0.2, -0.15) is 0 Å². The summed E-state index contributed by atoms with van der Waals surface area (Å²) in [6, 6.07) is 0. The lowest BCUT2D eigenvalue weighted by Crippen LogP contribution is -2.50. The van der Waals surface area contributed by atoms with Crippen molar-refractivity contribution in [2.24, 2.45) is 5.92 Å². The third-order valence-electron chi connectivity index (χ3n) is 2.25. The number of nitrogens with zero attached hydrogens (tertiary/aromatic N) is 2. The monoisotopic (exact) mass is 184 g/mol. The molecule has 4 heteroatoms. The highest BCUT2D eigenvalue weighted by atomic mass is 16.2. The van der Waals surface area contributed by atoms with Gasteiger partial charge in [-0.3, -0.25) is 9.69 Å². The molecule has 1 heterocycles. The van der Waals surface area contributed by atoms with Crippen LogP contribution in [0.3, 0.4) is 0 Å². The first-order valence-electron chi connectivity index (χ1n) is 4.55. The Kier molecular flexibility index (Phi) is 3.42. The number of piperazine rings is 1. The highest BCUT2D eigenvalue weighted by molar-refractivity contribution is 5.79. The average Bonchev–Trinajstić information content (AvgIpc) is 2.09. The number of carbonyl (C=O) groups is 2. The van der Waals surface area contributed by atoms with Gasteiger partial charge < -0.3 is 9.69 Å². The van der Waals surface area contributed by atoms with Crippen LogP contribution in [0.1, 0.15) is 6.92 Å². The highest BCUT2D eigenvalue weighted by Gasteiger charge is 2.22. The Hall–Kier alpha value is -0.900. The molecule has 0 saturated carbocycles. The fraction of sp³-hybridized carbons (Fsp3) is 0.778. The van der Waals surface area contributed by atoms with E-state index in [1.54, 1.807) is 4.90 Å². The van der Waals surface area contributed by atoms with Gasteiger partial charge in [0.2, 0.25) is 5.91 Å². The highest BCUT2D eigenvalue weighted by Crippen LogP contribution is 2.03. The maximum Gasteiger partial charge on any atom is 0.236 e. The minimum Gasteiger partial charge on any atom is -0.340 e. The maximum absolute atomic E-state index is 11.4. The third kappa shape index (κ3) is 2.81. The predicted octanol–water partition coefficient (Wildman–Crippen LogP) is -0.405. The first-order chi connectivity index (χ1) is 6.13. The van der Waals surface area contributed by atoms with Crippen molar-refractivity contribution in [2.75, 3.05) is 33.2 Å². The lowest BCUT2D eigenvalue weighted by atomic mass is 10.2. The van der Waals surface area contributed by atoms with Crippen LogP contribution in [0.25, 0.3) is 0 Å². The Balaban J connectivity index is 2.42. The molecule has 74 valence electrons. The van der Waals surface area contributed by atoms with Gasteiger partial charge in [-0.05, 0) is 7.05 Å². The van der Waals surface area contributed by atoms with Crippen molar-refractivity contribution in [3.8, 4) is 0 Å². The van der Waals surface area contributed by atoms with E-state index in [0.29, 0.717) is 13.1 Å². The second-order valence-electron chi connectivity index (χ2n) is 3.69. The molecule has 0 N–H and O–H groups in total. The van der Waals surface area contributed by atoms with E-state index < -0.39 is 0 Å². The summed E-state index contributed by atoms with van der Waals surface area (Å²) < 4.78 is 0. The van der Waals surface area contributed by atoms with Crippen LogP contribution < -0.4 is 0 Å². The lowest BCUT2D eigenvalue weighted by molar-refractivity contribution is -0.136. The number of hydrogen-bond acceptors (Lipinski definition) is 3. The van der Waals surface area contributed by atoms with Crippen molar-refractivity contribution in [3.05, 3.63) is 0 Å². The van der Waals surface area contributed by atoms with Crippen LogP contribution >= 0.6 is 0 Å². The van der Waals surface area contributed by atoms with Crippen molar-refractivity contribution in [2.45, 2.75) is 6.92 Å². The molecule has 13 heavy (non-hydrogen) atoms. The molecule has 1 unspecified atom stereocenters. The molecular weight excluding hydrogens is 168 g/mol. The molecule has 1 fully saturated rings. The molecule has 1 rings (SSSR count). The van der Waals surface area contributed by atoms with E-state index in [4.69, 9.17) is 0 Å². The van der Waals surface area contributed by atoms with Gasteiger partial charge in [-0.1, -0.05) is 6.92 Å². The standard InChI is InChI=1S/C9H16N2O2/c1-8(7-12)5-11-4-3-10(2)6-9(11)13/h7-8H,3-6H2,1-2H3. The molecule has 0 spiro atoms. The number of amides is 1. The molecule has 4 nitrogen and oxygen atoms in total. The van der Waals surface area contributed by atoms with Gasteiger partial charge >= 0.3 is 0 Å². The second kappa shape index (κ2) is 4.37. The smallest absolute Gasteiger partial charge is 0.236 e. The molecule has 1 aliphatic heterocycles. The molecule has 0 radical (unpaired) electrons. The Bertz CT molecular complexity index is 206. The molecule has 0 bridgehead atoms. The summed E-state index contributed by atoms with van der Waals surface area (Å²) in [6.07, 6.45) is 0.894. The van der Waals surface area contributed by atoms with Gasteiger partial charge in [0.05, 0.1) is 6.54 Å². The first kappa shape index (κ1) is 10.2. The van der Waals surface area contributed by atoms with Crippen LogP contribution in [0, 0.1) is 5.92 Å². The molecule has 0 aromatic rings. The van der Waals surface area contributed by atoms with Crippen LogP contribution in [0.4, 0.5) is 0 Å². The Morgan fingerprint density at radius 2 is 2.23 bits per heavy atom. The van der Waals surface area contributed by atoms with Gasteiger partial charge in [-0.25, -0.2) is 0 Å².